The summed E-state index contributed by atoms with van der Waals surface area (Å²) < 4.78 is 0. The van der Waals surface area contributed by atoms with E-state index in [1.165, 1.54) is 109 Å². The molecule has 0 aromatic heterocycles. The molecule has 57 heavy (non-hydrogen) atoms. The van der Waals surface area contributed by atoms with Gasteiger partial charge in [0.1, 0.15) is 12.2 Å². The lowest BCUT2D eigenvalue weighted by atomic mass is 9.79. The SMILES string of the molecule is CCCCCC/C=C\CCCCCCCC(=O)C(O)(C(=O)CCCCCCC/C=C\CCCCCC)C(O)C(O)C(=O)CCCCCCCCCCCCCCC. The van der Waals surface area contributed by atoms with Crippen LogP contribution in [0.4, 0.5) is 0 Å². The maximum absolute atomic E-state index is 13.5. The molecule has 6 heteroatoms. The summed E-state index contributed by atoms with van der Waals surface area (Å²) in [6.45, 7) is 6.70. The molecule has 0 radical (unpaired) electrons. The molecule has 0 aromatic carbocycles. The first-order valence-corrected chi connectivity index (χ1v) is 24.7. The third kappa shape index (κ3) is 31.0. The maximum atomic E-state index is 13.5. The van der Waals surface area contributed by atoms with Crippen molar-refractivity contribution in [2.45, 2.75) is 283 Å². The summed E-state index contributed by atoms with van der Waals surface area (Å²) >= 11 is 0. The van der Waals surface area contributed by atoms with Crippen LogP contribution in [-0.2, 0) is 14.4 Å². The van der Waals surface area contributed by atoms with Gasteiger partial charge in [-0.25, -0.2) is 0 Å². The van der Waals surface area contributed by atoms with Crippen LogP contribution in [0.1, 0.15) is 265 Å². The van der Waals surface area contributed by atoms with Gasteiger partial charge < -0.3 is 15.3 Å². The smallest absolute Gasteiger partial charge is 0.210 e. The van der Waals surface area contributed by atoms with Crippen molar-refractivity contribution in [2.24, 2.45) is 0 Å². The number of hydrogen-bond acceptors (Lipinski definition) is 6. The van der Waals surface area contributed by atoms with Gasteiger partial charge in [0, 0.05) is 19.3 Å². The van der Waals surface area contributed by atoms with E-state index in [-0.39, 0.29) is 19.3 Å². The highest BCUT2D eigenvalue weighted by atomic mass is 16.4. The minimum atomic E-state index is -2.77. The zero-order valence-corrected chi connectivity index (χ0v) is 37.9. The van der Waals surface area contributed by atoms with E-state index < -0.39 is 35.2 Å². The van der Waals surface area contributed by atoms with Crippen molar-refractivity contribution < 1.29 is 29.7 Å². The second kappa shape index (κ2) is 41.1. The highest BCUT2D eigenvalue weighted by molar-refractivity contribution is 6.11. The molecule has 0 aliphatic rings. The summed E-state index contributed by atoms with van der Waals surface area (Å²) in [5.41, 5.74) is -2.77. The molecule has 0 amide bonds. The van der Waals surface area contributed by atoms with Crippen molar-refractivity contribution in [2.75, 3.05) is 0 Å². The fraction of sp³-hybridized carbons (Fsp3) is 0.863. The molecule has 0 saturated heterocycles. The van der Waals surface area contributed by atoms with Gasteiger partial charge in [0.15, 0.2) is 17.3 Å². The molecule has 0 aliphatic heterocycles. The molecule has 6 nitrogen and oxygen atoms in total. The number of rotatable bonds is 45. The standard InChI is InChI=1S/C51H94O6/c1-4-7-10-13-16-19-22-25-28-31-34-37-40-43-46(52)49(55)50(56)51(57,47(53)44-41-38-35-32-29-26-23-20-17-14-11-8-5-2)48(54)45-42-39-36-33-30-27-24-21-18-15-12-9-6-3/h20-21,23-24,49-50,55-57H,4-19,22,25-45H2,1-3H3/b23-20-,24-21-. The summed E-state index contributed by atoms with van der Waals surface area (Å²) in [7, 11) is 0. The van der Waals surface area contributed by atoms with Crippen molar-refractivity contribution in [3.05, 3.63) is 24.3 Å². The Morgan fingerprint density at radius 1 is 0.386 bits per heavy atom. The monoisotopic (exact) mass is 803 g/mol. The molecule has 0 rings (SSSR count). The van der Waals surface area contributed by atoms with Crippen molar-refractivity contribution >= 4 is 17.3 Å². The van der Waals surface area contributed by atoms with Crippen LogP contribution in [0.25, 0.3) is 0 Å². The Morgan fingerprint density at radius 3 is 0.947 bits per heavy atom. The molecule has 0 aliphatic carbocycles. The Hall–Kier alpha value is -1.63. The Labute approximate surface area is 352 Å². The van der Waals surface area contributed by atoms with E-state index in [1.54, 1.807) is 0 Å². The fourth-order valence-corrected chi connectivity index (χ4v) is 7.74. The number of carbonyl (C=O) groups excluding carboxylic acids is 3. The van der Waals surface area contributed by atoms with E-state index in [0.29, 0.717) is 19.3 Å². The van der Waals surface area contributed by atoms with Crippen molar-refractivity contribution in [1.82, 2.24) is 0 Å². The third-order valence-electron chi connectivity index (χ3n) is 11.8. The van der Waals surface area contributed by atoms with Crippen LogP contribution < -0.4 is 0 Å². The number of Topliss-reactive ketones (excluding diaryl/α,β-unsaturated/α-hetero) is 3. The molecule has 0 bridgehead atoms. The molecule has 0 spiro atoms. The van der Waals surface area contributed by atoms with Gasteiger partial charge in [-0.05, 0) is 70.6 Å². The molecular formula is C51H94O6. The van der Waals surface area contributed by atoms with Crippen molar-refractivity contribution in [3.63, 3.8) is 0 Å². The molecule has 0 saturated carbocycles. The quantitative estimate of drug-likeness (QED) is 0.0321. The lowest BCUT2D eigenvalue weighted by molar-refractivity contribution is -0.174. The van der Waals surface area contributed by atoms with Gasteiger partial charge >= 0.3 is 0 Å². The van der Waals surface area contributed by atoms with Gasteiger partial charge in [0.25, 0.3) is 0 Å². The average molecular weight is 803 g/mol. The number of unbranched alkanes of at least 4 members (excludes halogenated alkanes) is 30. The summed E-state index contributed by atoms with van der Waals surface area (Å²) in [4.78, 5) is 40.0. The average Bonchev–Trinajstić information content (AvgIpc) is 3.21. The second-order valence-corrected chi connectivity index (χ2v) is 17.2. The Morgan fingerprint density at radius 2 is 0.632 bits per heavy atom. The number of aliphatic hydroxyl groups is 3. The minimum Gasteiger partial charge on any atom is -0.386 e. The van der Waals surface area contributed by atoms with Gasteiger partial charge in [-0.3, -0.25) is 14.4 Å². The zero-order chi connectivity index (χ0) is 42.1. The molecule has 334 valence electrons. The molecule has 2 atom stereocenters. The summed E-state index contributed by atoms with van der Waals surface area (Å²) in [6, 6.07) is 0. The van der Waals surface area contributed by atoms with Crippen molar-refractivity contribution in [3.8, 4) is 0 Å². The number of ketones is 3. The molecule has 3 N–H and O–H groups in total. The summed E-state index contributed by atoms with van der Waals surface area (Å²) in [5.74, 6) is -2.17. The normalized spacial score (nSPS) is 13.2. The first-order valence-electron chi connectivity index (χ1n) is 24.7. The zero-order valence-electron chi connectivity index (χ0n) is 37.9. The Bertz CT molecular complexity index is 938. The highest BCUT2D eigenvalue weighted by Gasteiger charge is 2.52. The fourth-order valence-electron chi connectivity index (χ4n) is 7.74. The highest BCUT2D eigenvalue weighted by Crippen LogP contribution is 2.25. The van der Waals surface area contributed by atoms with E-state index in [2.05, 4.69) is 45.1 Å². The van der Waals surface area contributed by atoms with Gasteiger partial charge in [0.05, 0.1) is 0 Å². The first kappa shape index (κ1) is 55.4. The Balaban J connectivity index is 4.84. The molecule has 0 aromatic rings. The number of carbonyl (C=O) groups is 3. The summed E-state index contributed by atoms with van der Waals surface area (Å²) in [6.07, 6.45) is 43.4. The third-order valence-corrected chi connectivity index (χ3v) is 11.8. The number of hydrogen-bond donors (Lipinski definition) is 3. The predicted molar refractivity (Wildman–Crippen MR) is 243 cm³/mol. The van der Waals surface area contributed by atoms with Crippen LogP contribution in [0.5, 0.6) is 0 Å². The summed E-state index contributed by atoms with van der Waals surface area (Å²) in [5, 5.41) is 33.7. The largest absolute Gasteiger partial charge is 0.386 e. The Kier molecular flexibility index (Phi) is 39.9. The molecular weight excluding hydrogens is 709 g/mol. The van der Waals surface area contributed by atoms with Crippen LogP contribution >= 0.6 is 0 Å². The number of aliphatic hydroxyl groups excluding tert-OH is 2. The topological polar surface area (TPSA) is 112 Å². The molecule has 2 unspecified atom stereocenters. The lowest BCUT2D eigenvalue weighted by Crippen LogP contribution is -2.61. The van der Waals surface area contributed by atoms with E-state index in [9.17, 15) is 29.7 Å². The van der Waals surface area contributed by atoms with Gasteiger partial charge in [-0.15, -0.1) is 0 Å². The van der Waals surface area contributed by atoms with Crippen LogP contribution in [0.15, 0.2) is 24.3 Å². The first-order chi connectivity index (χ1) is 27.8. The van der Waals surface area contributed by atoms with Gasteiger partial charge in [-0.1, -0.05) is 199 Å². The minimum absolute atomic E-state index is 0.0521. The maximum Gasteiger partial charge on any atom is 0.210 e. The second-order valence-electron chi connectivity index (χ2n) is 17.2. The van der Waals surface area contributed by atoms with Crippen LogP contribution in [0.3, 0.4) is 0 Å². The molecule has 0 heterocycles. The van der Waals surface area contributed by atoms with Crippen LogP contribution in [0, 0.1) is 0 Å². The van der Waals surface area contributed by atoms with E-state index in [1.807, 2.05) is 0 Å². The van der Waals surface area contributed by atoms with Crippen molar-refractivity contribution in [1.29, 1.82) is 0 Å². The van der Waals surface area contributed by atoms with Crippen LogP contribution in [0.2, 0.25) is 0 Å². The van der Waals surface area contributed by atoms with E-state index >= 15 is 0 Å². The van der Waals surface area contributed by atoms with Crippen LogP contribution in [-0.4, -0.2) is 50.5 Å². The van der Waals surface area contributed by atoms with Gasteiger partial charge in [-0.2, -0.15) is 0 Å². The lowest BCUT2D eigenvalue weighted by Gasteiger charge is -2.32. The predicted octanol–water partition coefficient (Wildman–Crippen LogP) is 14.1. The van der Waals surface area contributed by atoms with E-state index in [4.69, 9.17) is 0 Å². The molecule has 0 fully saturated rings. The number of allylic oxidation sites excluding steroid dienone is 4. The van der Waals surface area contributed by atoms with E-state index in [0.717, 1.165) is 96.3 Å². The van der Waals surface area contributed by atoms with Gasteiger partial charge in [0.2, 0.25) is 5.60 Å².